The second-order valence-electron chi connectivity index (χ2n) is 7.01. The van der Waals surface area contributed by atoms with Crippen LogP contribution < -0.4 is 4.90 Å². The van der Waals surface area contributed by atoms with Crippen molar-refractivity contribution in [2.45, 2.75) is 19.3 Å². The molecule has 2 bridgehead atoms. The minimum absolute atomic E-state index is 0.0874. The summed E-state index contributed by atoms with van der Waals surface area (Å²) >= 11 is 0. The zero-order valence-electron chi connectivity index (χ0n) is 11.5. The van der Waals surface area contributed by atoms with E-state index in [2.05, 4.69) is 0 Å². The van der Waals surface area contributed by atoms with Crippen LogP contribution >= 0.6 is 0 Å². The third-order valence-corrected chi connectivity index (χ3v) is 6.21. The van der Waals surface area contributed by atoms with Crippen LogP contribution in [0.1, 0.15) is 19.3 Å². The van der Waals surface area contributed by atoms with Crippen LogP contribution in [0.25, 0.3) is 0 Å². The van der Waals surface area contributed by atoms with Gasteiger partial charge in [-0.3, -0.25) is 9.59 Å². The molecule has 1 heterocycles. The van der Waals surface area contributed by atoms with Crippen molar-refractivity contribution in [2.24, 2.45) is 35.5 Å². The molecule has 5 aliphatic rings. The molecule has 4 heteroatoms. The smallest absolute Gasteiger partial charge is 0.237 e. The van der Waals surface area contributed by atoms with Crippen molar-refractivity contribution < 1.29 is 14.0 Å². The van der Waals surface area contributed by atoms with Crippen molar-refractivity contribution in [1.82, 2.24) is 0 Å². The lowest BCUT2D eigenvalue weighted by Crippen LogP contribution is -2.43. The molecule has 21 heavy (non-hydrogen) atoms. The second-order valence-corrected chi connectivity index (χ2v) is 7.01. The molecule has 0 spiro atoms. The average Bonchev–Trinajstić information content (AvgIpc) is 3.24. The maximum atomic E-state index is 13.4. The number of rotatable bonds is 1. The summed E-state index contributed by atoms with van der Waals surface area (Å²) in [4.78, 5) is 26.9. The first-order valence-electron chi connectivity index (χ1n) is 7.80. The Kier molecular flexibility index (Phi) is 2.11. The van der Waals surface area contributed by atoms with E-state index in [0.29, 0.717) is 29.4 Å². The number of hydrogen-bond acceptors (Lipinski definition) is 2. The minimum Gasteiger partial charge on any atom is -0.274 e. The number of halogens is 1. The van der Waals surface area contributed by atoms with Gasteiger partial charge in [-0.1, -0.05) is 6.07 Å². The van der Waals surface area contributed by atoms with E-state index in [9.17, 15) is 14.0 Å². The van der Waals surface area contributed by atoms with Gasteiger partial charge in [-0.15, -0.1) is 0 Å². The van der Waals surface area contributed by atoms with E-state index < -0.39 is 5.82 Å². The molecule has 1 saturated heterocycles. The molecule has 2 amide bonds. The van der Waals surface area contributed by atoms with Crippen LogP contribution in [0, 0.1) is 41.3 Å². The standard InChI is InChI=1S/C17H16FNO2/c18-8-2-1-3-9(6-8)19-16(20)14-10-4-5-11(13-7-12(10)13)15(14)17(19)21/h1-3,6,10-15H,4-5,7H2/t10-,11+,12+,13-,14-,15+. The van der Waals surface area contributed by atoms with Gasteiger partial charge < -0.3 is 0 Å². The number of imide groups is 1. The van der Waals surface area contributed by atoms with Crippen LogP contribution in [0.15, 0.2) is 24.3 Å². The number of carbonyl (C=O) groups is 2. The monoisotopic (exact) mass is 285 g/mol. The molecule has 0 unspecified atom stereocenters. The fraction of sp³-hybridized carbons (Fsp3) is 0.529. The van der Waals surface area contributed by atoms with E-state index in [1.165, 1.54) is 23.5 Å². The summed E-state index contributed by atoms with van der Waals surface area (Å²) in [7, 11) is 0. The highest BCUT2D eigenvalue weighted by Gasteiger charge is 2.68. The third-order valence-electron chi connectivity index (χ3n) is 6.21. The van der Waals surface area contributed by atoms with Gasteiger partial charge in [0.05, 0.1) is 17.5 Å². The van der Waals surface area contributed by atoms with Gasteiger partial charge in [-0.05, 0) is 61.1 Å². The molecule has 0 N–H and O–H groups in total. The molecule has 5 fully saturated rings. The summed E-state index contributed by atoms with van der Waals surface area (Å²) < 4.78 is 13.4. The fourth-order valence-electron chi connectivity index (χ4n) is 5.41. The topological polar surface area (TPSA) is 37.4 Å². The van der Waals surface area contributed by atoms with Crippen LogP contribution in [0.5, 0.6) is 0 Å². The molecule has 1 aromatic rings. The first-order valence-corrected chi connectivity index (χ1v) is 7.80. The number of benzene rings is 1. The van der Waals surface area contributed by atoms with Gasteiger partial charge >= 0.3 is 0 Å². The molecule has 108 valence electrons. The highest BCUT2D eigenvalue weighted by molar-refractivity contribution is 6.22. The summed E-state index contributed by atoms with van der Waals surface area (Å²) in [6, 6.07) is 5.83. The van der Waals surface area contributed by atoms with E-state index in [1.807, 2.05) is 0 Å². The molecule has 1 aromatic carbocycles. The van der Waals surface area contributed by atoms with Crippen molar-refractivity contribution in [3.8, 4) is 0 Å². The Morgan fingerprint density at radius 3 is 2.14 bits per heavy atom. The highest BCUT2D eigenvalue weighted by Crippen LogP contribution is 2.68. The molecule has 6 atom stereocenters. The zero-order valence-corrected chi connectivity index (χ0v) is 11.5. The number of anilines is 1. The van der Waals surface area contributed by atoms with E-state index in [-0.39, 0.29) is 23.7 Å². The van der Waals surface area contributed by atoms with Crippen LogP contribution in [-0.2, 0) is 9.59 Å². The van der Waals surface area contributed by atoms with Crippen LogP contribution in [0.4, 0.5) is 10.1 Å². The van der Waals surface area contributed by atoms with Crippen LogP contribution in [0.3, 0.4) is 0 Å². The van der Waals surface area contributed by atoms with Crippen molar-refractivity contribution >= 4 is 17.5 Å². The lowest BCUT2D eigenvalue weighted by molar-refractivity contribution is -0.129. The third kappa shape index (κ3) is 1.38. The van der Waals surface area contributed by atoms with E-state index >= 15 is 0 Å². The predicted molar refractivity (Wildman–Crippen MR) is 73.7 cm³/mol. The zero-order chi connectivity index (χ0) is 14.3. The predicted octanol–water partition coefficient (Wildman–Crippen LogP) is 2.61. The van der Waals surface area contributed by atoms with Crippen molar-refractivity contribution in [1.29, 1.82) is 0 Å². The quantitative estimate of drug-likeness (QED) is 0.744. The molecule has 1 aliphatic heterocycles. The maximum Gasteiger partial charge on any atom is 0.237 e. The Labute approximate surface area is 122 Å². The molecule has 6 rings (SSSR count). The summed E-state index contributed by atoms with van der Waals surface area (Å²) in [5.74, 6) is 1.27. The molecular weight excluding hydrogens is 269 g/mol. The normalized spacial score (nSPS) is 43.0. The fourth-order valence-corrected chi connectivity index (χ4v) is 5.41. The maximum absolute atomic E-state index is 13.4. The Morgan fingerprint density at radius 2 is 1.57 bits per heavy atom. The number of hydrogen-bond donors (Lipinski definition) is 0. The van der Waals surface area contributed by atoms with E-state index in [4.69, 9.17) is 0 Å². The Balaban J connectivity index is 1.58. The van der Waals surface area contributed by atoms with Gasteiger partial charge in [0.15, 0.2) is 0 Å². The summed E-state index contributed by atoms with van der Waals surface area (Å²) in [6.07, 6.45) is 3.38. The van der Waals surface area contributed by atoms with E-state index in [1.54, 1.807) is 12.1 Å². The average molecular weight is 285 g/mol. The first-order chi connectivity index (χ1) is 10.2. The lowest BCUT2D eigenvalue weighted by Gasteiger charge is -2.42. The molecule has 3 nitrogen and oxygen atoms in total. The number of fused-ring (bicyclic) bond motifs is 1. The molecular formula is C17H16FNO2. The summed E-state index contributed by atoms with van der Waals surface area (Å²) in [5.41, 5.74) is 0.396. The van der Waals surface area contributed by atoms with Gasteiger partial charge in [0.2, 0.25) is 11.8 Å². The van der Waals surface area contributed by atoms with Crippen molar-refractivity contribution in [2.75, 3.05) is 4.90 Å². The van der Waals surface area contributed by atoms with E-state index in [0.717, 1.165) is 12.8 Å². The SMILES string of the molecule is O=C1[C@@H]2[C@@H]3CC[C@@H]([C@H]4C[C@H]43)[C@@H]2C(=O)N1c1cccc(F)c1. The van der Waals surface area contributed by atoms with Crippen molar-refractivity contribution in [3.63, 3.8) is 0 Å². The van der Waals surface area contributed by atoms with Crippen molar-refractivity contribution in [3.05, 3.63) is 30.1 Å². The number of nitrogens with zero attached hydrogens (tertiary/aromatic N) is 1. The molecule has 4 saturated carbocycles. The van der Waals surface area contributed by atoms with Crippen LogP contribution in [-0.4, -0.2) is 11.8 Å². The van der Waals surface area contributed by atoms with Gasteiger partial charge in [-0.2, -0.15) is 0 Å². The van der Waals surface area contributed by atoms with Gasteiger partial charge in [0.1, 0.15) is 5.82 Å². The molecule has 0 radical (unpaired) electrons. The van der Waals surface area contributed by atoms with Gasteiger partial charge in [-0.25, -0.2) is 9.29 Å². The minimum atomic E-state index is -0.409. The largest absolute Gasteiger partial charge is 0.274 e. The van der Waals surface area contributed by atoms with Gasteiger partial charge in [0, 0.05) is 0 Å². The summed E-state index contributed by atoms with van der Waals surface area (Å²) in [6.45, 7) is 0. The Hall–Kier alpha value is -1.71. The Morgan fingerprint density at radius 1 is 0.952 bits per heavy atom. The first kappa shape index (κ1) is 11.9. The number of amides is 2. The Bertz CT molecular complexity index is 639. The summed E-state index contributed by atoms with van der Waals surface area (Å²) in [5, 5.41) is 0. The van der Waals surface area contributed by atoms with Crippen LogP contribution in [0.2, 0.25) is 0 Å². The molecule has 4 aliphatic carbocycles. The number of carbonyl (C=O) groups excluding carboxylic acids is 2. The lowest BCUT2D eigenvalue weighted by atomic mass is 9.59. The molecule has 0 aromatic heterocycles. The second kappa shape index (κ2) is 3.73. The van der Waals surface area contributed by atoms with Gasteiger partial charge in [0.25, 0.3) is 0 Å². The highest BCUT2D eigenvalue weighted by atomic mass is 19.1.